The number of ether oxygens (including phenoxy) is 1. The van der Waals surface area contributed by atoms with Crippen molar-refractivity contribution in [2.24, 2.45) is 7.05 Å². The second kappa shape index (κ2) is 7.48. The summed E-state index contributed by atoms with van der Waals surface area (Å²) < 4.78 is 7.56. The minimum absolute atomic E-state index is 0.0497. The van der Waals surface area contributed by atoms with Crippen molar-refractivity contribution < 1.29 is 9.53 Å². The summed E-state index contributed by atoms with van der Waals surface area (Å²) >= 11 is 1.74. The van der Waals surface area contributed by atoms with Gasteiger partial charge in [-0.2, -0.15) is 5.10 Å². The largest absolute Gasteiger partial charge is 0.488 e. The van der Waals surface area contributed by atoms with Crippen LogP contribution in [0, 0.1) is 0 Å². The van der Waals surface area contributed by atoms with Crippen molar-refractivity contribution in [1.29, 1.82) is 0 Å². The molecule has 1 atom stereocenters. The van der Waals surface area contributed by atoms with Crippen LogP contribution in [0.25, 0.3) is 11.1 Å². The number of fused-ring (bicyclic) bond motifs is 1. The first-order valence-corrected chi connectivity index (χ1v) is 10.1. The Morgan fingerprint density at radius 1 is 1.22 bits per heavy atom. The number of hydrogen-bond donors (Lipinski definition) is 1. The lowest BCUT2D eigenvalue weighted by Crippen LogP contribution is -2.35. The molecule has 0 aliphatic carbocycles. The number of thioether (sulfide) groups is 1. The minimum atomic E-state index is -0.135. The van der Waals surface area contributed by atoms with Crippen molar-refractivity contribution in [2.75, 3.05) is 12.8 Å². The molecule has 1 N–H and O–H groups in total. The summed E-state index contributed by atoms with van der Waals surface area (Å²) in [7, 11) is 1.75. The van der Waals surface area contributed by atoms with Crippen LogP contribution in [0.2, 0.25) is 0 Å². The van der Waals surface area contributed by atoms with Gasteiger partial charge in [0, 0.05) is 24.6 Å². The molecule has 1 amide bonds. The quantitative estimate of drug-likeness (QED) is 0.689. The van der Waals surface area contributed by atoms with Gasteiger partial charge < -0.3 is 10.1 Å². The summed E-state index contributed by atoms with van der Waals surface area (Å²) in [5, 5.41) is 6.96. The number of rotatable bonds is 5. The van der Waals surface area contributed by atoms with Crippen molar-refractivity contribution in [3.63, 3.8) is 0 Å². The summed E-state index contributed by atoms with van der Waals surface area (Å²) in [4.78, 5) is 13.5. The summed E-state index contributed by atoms with van der Waals surface area (Å²) in [6.07, 6.45) is 4.43. The number of carbonyl (C=O) groups excluding carboxylic acids is 1. The lowest BCUT2D eigenvalue weighted by Gasteiger charge is -2.11. The fourth-order valence-electron chi connectivity index (χ4n) is 3.29. The molecule has 0 fully saturated rings. The molecule has 3 aromatic rings. The Balaban J connectivity index is 1.41. The highest BCUT2D eigenvalue weighted by Gasteiger charge is 2.24. The molecule has 4 rings (SSSR count). The van der Waals surface area contributed by atoms with Crippen LogP contribution in [-0.4, -0.2) is 34.6 Å². The van der Waals surface area contributed by atoms with Crippen LogP contribution in [0.1, 0.15) is 16.1 Å². The minimum Gasteiger partial charge on any atom is -0.488 e. The van der Waals surface area contributed by atoms with Crippen molar-refractivity contribution in [3.05, 3.63) is 66.0 Å². The van der Waals surface area contributed by atoms with Gasteiger partial charge in [0.25, 0.3) is 5.91 Å². The average molecular weight is 379 g/mol. The first-order valence-electron chi connectivity index (χ1n) is 8.84. The second-order valence-electron chi connectivity index (χ2n) is 6.55. The predicted octanol–water partition coefficient (Wildman–Crippen LogP) is 3.54. The highest BCUT2D eigenvalue weighted by Crippen LogP contribution is 2.33. The predicted molar refractivity (Wildman–Crippen MR) is 107 cm³/mol. The number of nitrogens with zero attached hydrogens (tertiary/aromatic N) is 2. The molecule has 138 valence electrons. The van der Waals surface area contributed by atoms with Gasteiger partial charge in [-0.3, -0.25) is 9.48 Å². The molecule has 0 saturated heterocycles. The number of amides is 1. The maximum atomic E-state index is 12.2. The van der Waals surface area contributed by atoms with Gasteiger partial charge in [0.15, 0.2) is 0 Å². The first-order chi connectivity index (χ1) is 13.1. The highest BCUT2D eigenvalue weighted by atomic mass is 32.2. The zero-order chi connectivity index (χ0) is 18.8. The third-order valence-electron chi connectivity index (χ3n) is 4.77. The fourth-order valence-corrected chi connectivity index (χ4v) is 3.70. The number of benzene rings is 2. The fraction of sp³-hybridized carbons (Fsp3) is 0.238. The monoisotopic (exact) mass is 379 g/mol. The number of carbonyl (C=O) groups is 1. The molecule has 0 radical (unpaired) electrons. The number of nitrogens with one attached hydrogen (secondary N) is 1. The van der Waals surface area contributed by atoms with Crippen molar-refractivity contribution in [1.82, 2.24) is 15.1 Å². The Bertz CT molecular complexity index is 966. The Hall–Kier alpha value is -2.73. The van der Waals surface area contributed by atoms with Gasteiger partial charge in [-0.05, 0) is 53.3 Å². The first kappa shape index (κ1) is 17.7. The maximum absolute atomic E-state index is 12.2. The molecule has 2 aromatic carbocycles. The molecule has 6 heteroatoms. The molecule has 27 heavy (non-hydrogen) atoms. The summed E-state index contributed by atoms with van der Waals surface area (Å²) in [5.41, 5.74) is 4.11. The van der Waals surface area contributed by atoms with E-state index in [1.165, 1.54) is 21.6 Å². The van der Waals surface area contributed by atoms with Gasteiger partial charge in [0.1, 0.15) is 17.5 Å². The molecule has 2 heterocycles. The normalized spacial score (nSPS) is 15.3. The van der Waals surface area contributed by atoms with Crippen LogP contribution in [0.15, 0.2) is 59.6 Å². The topological polar surface area (TPSA) is 56.2 Å². The number of aryl methyl sites for hydroxylation is 1. The Labute approximate surface area is 162 Å². The molecule has 0 bridgehead atoms. The van der Waals surface area contributed by atoms with E-state index in [1.807, 2.05) is 6.07 Å². The third-order valence-corrected chi connectivity index (χ3v) is 5.51. The Morgan fingerprint density at radius 3 is 2.70 bits per heavy atom. The van der Waals surface area contributed by atoms with Crippen molar-refractivity contribution in [3.8, 4) is 16.9 Å². The van der Waals surface area contributed by atoms with Gasteiger partial charge in [-0.1, -0.05) is 18.2 Å². The average Bonchev–Trinajstić information content (AvgIpc) is 3.31. The molecule has 1 aromatic heterocycles. The van der Waals surface area contributed by atoms with Crippen LogP contribution < -0.4 is 10.1 Å². The highest BCUT2D eigenvalue weighted by molar-refractivity contribution is 7.98. The summed E-state index contributed by atoms with van der Waals surface area (Å²) in [6.45, 7) is 0.469. The van der Waals surface area contributed by atoms with E-state index in [0.717, 1.165) is 12.2 Å². The van der Waals surface area contributed by atoms with Gasteiger partial charge in [0.2, 0.25) is 0 Å². The Kier molecular flexibility index (Phi) is 4.90. The van der Waals surface area contributed by atoms with E-state index in [4.69, 9.17) is 4.74 Å². The van der Waals surface area contributed by atoms with Gasteiger partial charge >= 0.3 is 0 Å². The Morgan fingerprint density at radius 2 is 2.00 bits per heavy atom. The molecule has 0 spiro atoms. The third kappa shape index (κ3) is 3.71. The molecule has 1 unspecified atom stereocenters. The lowest BCUT2D eigenvalue weighted by atomic mass is 10.0. The molecule has 0 saturated carbocycles. The summed E-state index contributed by atoms with van der Waals surface area (Å²) in [5.74, 6) is 0.767. The van der Waals surface area contributed by atoms with Gasteiger partial charge in [-0.15, -0.1) is 11.8 Å². The van der Waals surface area contributed by atoms with Crippen LogP contribution in [0.4, 0.5) is 0 Å². The van der Waals surface area contributed by atoms with Gasteiger partial charge in [0.05, 0.1) is 6.54 Å². The van der Waals surface area contributed by atoms with E-state index >= 15 is 0 Å². The zero-order valence-electron chi connectivity index (χ0n) is 15.3. The maximum Gasteiger partial charge on any atom is 0.269 e. The standard InChI is InChI=1S/C21H21N3O2S/c1-24-19(9-10-23-24)21(25)22-13-17-12-16-11-15(5-8-20(16)26-17)14-3-6-18(27-2)7-4-14/h3-11,17H,12-13H2,1-2H3,(H,22,25). The molecule has 5 nitrogen and oxygen atoms in total. The van der Waals surface area contributed by atoms with Crippen LogP contribution >= 0.6 is 11.8 Å². The van der Waals surface area contributed by atoms with E-state index < -0.39 is 0 Å². The van der Waals surface area contributed by atoms with E-state index in [9.17, 15) is 4.79 Å². The molecule has 1 aliphatic rings. The van der Waals surface area contributed by atoms with E-state index in [2.05, 4.69) is 53.1 Å². The van der Waals surface area contributed by atoms with E-state index in [1.54, 1.807) is 35.8 Å². The van der Waals surface area contributed by atoms with E-state index in [-0.39, 0.29) is 12.0 Å². The summed E-state index contributed by atoms with van der Waals surface area (Å²) in [6, 6.07) is 16.6. The number of aromatic nitrogens is 2. The number of hydrogen-bond acceptors (Lipinski definition) is 4. The van der Waals surface area contributed by atoms with E-state index in [0.29, 0.717) is 12.2 Å². The van der Waals surface area contributed by atoms with Crippen molar-refractivity contribution in [2.45, 2.75) is 17.4 Å². The van der Waals surface area contributed by atoms with Crippen LogP contribution in [-0.2, 0) is 13.5 Å². The molecule has 1 aliphatic heterocycles. The van der Waals surface area contributed by atoms with Crippen LogP contribution in [0.5, 0.6) is 5.75 Å². The second-order valence-corrected chi connectivity index (χ2v) is 7.42. The zero-order valence-corrected chi connectivity index (χ0v) is 16.1. The lowest BCUT2D eigenvalue weighted by molar-refractivity contribution is 0.0924. The van der Waals surface area contributed by atoms with Gasteiger partial charge in [-0.25, -0.2) is 0 Å². The molecular weight excluding hydrogens is 358 g/mol. The smallest absolute Gasteiger partial charge is 0.269 e. The van der Waals surface area contributed by atoms with Crippen LogP contribution in [0.3, 0.4) is 0 Å². The SMILES string of the molecule is CSc1ccc(-c2ccc3c(c2)CC(CNC(=O)c2ccnn2C)O3)cc1. The van der Waals surface area contributed by atoms with Crippen molar-refractivity contribution >= 4 is 17.7 Å². The molecular formula is C21H21N3O2S.